The van der Waals surface area contributed by atoms with Gasteiger partial charge in [-0.1, -0.05) is 18.2 Å². The van der Waals surface area contributed by atoms with Crippen molar-refractivity contribution >= 4 is 17.2 Å². The molecular formula is C16H21F2NOS. The second-order valence-electron chi connectivity index (χ2n) is 5.73. The van der Waals surface area contributed by atoms with Crippen LogP contribution in [0.4, 0.5) is 8.78 Å². The maximum Gasteiger partial charge on any atom is 0.162 e. The van der Waals surface area contributed by atoms with Crippen LogP contribution in [0.15, 0.2) is 35.3 Å². The predicted octanol–water partition coefficient (Wildman–Crippen LogP) is 4.55. The van der Waals surface area contributed by atoms with Crippen LogP contribution in [0.25, 0.3) is 0 Å². The van der Waals surface area contributed by atoms with Gasteiger partial charge in [0.2, 0.25) is 0 Å². The summed E-state index contributed by atoms with van der Waals surface area (Å²) in [6, 6.07) is 4.06. The van der Waals surface area contributed by atoms with E-state index in [1.54, 1.807) is 6.08 Å². The van der Waals surface area contributed by atoms with Gasteiger partial charge in [0.05, 0.1) is 4.75 Å². The van der Waals surface area contributed by atoms with Crippen molar-refractivity contribution in [2.24, 2.45) is 4.40 Å². The highest BCUT2D eigenvalue weighted by atomic mass is 32.2. The smallest absolute Gasteiger partial charge is 0.162 e. The maximum absolute atomic E-state index is 13.9. The van der Waals surface area contributed by atoms with E-state index in [4.69, 9.17) is 0 Å². The molecule has 0 bridgehead atoms. The molecule has 2 nitrogen and oxygen atoms in total. The molecule has 0 saturated heterocycles. The third-order valence-corrected chi connectivity index (χ3v) is 4.28. The van der Waals surface area contributed by atoms with Gasteiger partial charge in [0, 0.05) is 12.1 Å². The summed E-state index contributed by atoms with van der Waals surface area (Å²) in [5.74, 6) is -2.19. The topological polar surface area (TPSA) is 29.4 Å². The Hall–Kier alpha value is -1.36. The fraction of sp³-hybridized carbons (Fsp3) is 0.438. The molecule has 1 rings (SSSR count). The zero-order valence-corrected chi connectivity index (χ0v) is 13.4. The molecule has 2 atom stereocenters. The number of hydrogen-bond donors (Lipinski definition) is 0. The third-order valence-electron chi connectivity index (χ3n) is 2.92. The number of benzene rings is 1. The fourth-order valence-electron chi connectivity index (χ4n) is 1.70. The van der Waals surface area contributed by atoms with Crippen LogP contribution in [0.1, 0.15) is 45.1 Å². The number of halogens is 2. The van der Waals surface area contributed by atoms with Gasteiger partial charge in [-0.15, -0.1) is 6.58 Å². The summed E-state index contributed by atoms with van der Waals surface area (Å²) < 4.78 is 42.7. The molecule has 0 N–H and O–H groups in total. The van der Waals surface area contributed by atoms with Crippen LogP contribution >= 0.6 is 0 Å². The summed E-state index contributed by atoms with van der Waals surface area (Å²) in [7, 11) is -1.42. The average molecular weight is 313 g/mol. The van der Waals surface area contributed by atoms with Gasteiger partial charge in [-0.05, 0) is 45.2 Å². The molecule has 5 heteroatoms. The Morgan fingerprint density at radius 3 is 2.62 bits per heavy atom. The Morgan fingerprint density at radius 2 is 2.05 bits per heavy atom. The van der Waals surface area contributed by atoms with Crippen LogP contribution < -0.4 is 0 Å². The van der Waals surface area contributed by atoms with Crippen LogP contribution in [-0.4, -0.2) is 15.2 Å². The molecule has 0 aliphatic rings. The van der Waals surface area contributed by atoms with Gasteiger partial charge in [-0.25, -0.2) is 13.0 Å². The summed E-state index contributed by atoms with van der Waals surface area (Å²) in [5.41, 5.74) is 0.228. The number of rotatable bonds is 6. The van der Waals surface area contributed by atoms with Gasteiger partial charge in [0.25, 0.3) is 0 Å². The molecule has 0 aromatic heterocycles. The molecule has 1 aromatic rings. The first kappa shape index (κ1) is 17.7. The van der Waals surface area contributed by atoms with E-state index >= 15 is 0 Å². The van der Waals surface area contributed by atoms with E-state index in [2.05, 4.69) is 11.0 Å². The molecule has 0 fully saturated rings. The minimum absolute atomic E-state index is 0.228. The van der Waals surface area contributed by atoms with Gasteiger partial charge in [0.1, 0.15) is 11.0 Å². The monoisotopic (exact) mass is 313 g/mol. The van der Waals surface area contributed by atoms with Crippen molar-refractivity contribution in [1.82, 2.24) is 0 Å². The van der Waals surface area contributed by atoms with Crippen molar-refractivity contribution < 1.29 is 13.0 Å². The second kappa shape index (κ2) is 7.59. The van der Waals surface area contributed by atoms with Crippen molar-refractivity contribution in [2.45, 2.75) is 44.3 Å². The molecule has 21 heavy (non-hydrogen) atoms. The number of allylic oxidation sites excluding steroid dienone is 1. The van der Waals surface area contributed by atoms with E-state index in [-0.39, 0.29) is 5.56 Å². The van der Waals surface area contributed by atoms with E-state index in [9.17, 15) is 13.0 Å². The van der Waals surface area contributed by atoms with Gasteiger partial charge < -0.3 is 0 Å². The van der Waals surface area contributed by atoms with Gasteiger partial charge in [-0.3, -0.25) is 0 Å². The van der Waals surface area contributed by atoms with Crippen LogP contribution in [-0.2, 0) is 11.0 Å². The molecule has 1 unspecified atom stereocenters. The standard InChI is InChI=1S/C16H21F2NOS/c1-5-6-8-12(11-19-21(20)16(2,3)4)13-9-7-10-14(17)15(13)18/h5,7,9-12H,1,6,8H2,2-4H3/b19-11+/t12-,21?/m1/s1. The van der Waals surface area contributed by atoms with Crippen molar-refractivity contribution in [3.05, 3.63) is 48.1 Å². The number of nitrogens with zero attached hydrogens (tertiary/aromatic N) is 1. The Balaban J connectivity index is 3.06. The normalized spacial score (nSPS) is 15.1. The highest BCUT2D eigenvalue weighted by Crippen LogP contribution is 2.25. The van der Waals surface area contributed by atoms with E-state index < -0.39 is 33.3 Å². The molecule has 0 aliphatic heterocycles. The summed E-state index contributed by atoms with van der Waals surface area (Å²) in [5, 5.41) is 0. The highest BCUT2D eigenvalue weighted by molar-refractivity contribution is 7.85. The zero-order chi connectivity index (χ0) is 16.0. The Bertz CT molecular complexity index is 550. The lowest BCUT2D eigenvalue weighted by Crippen LogP contribution is -2.20. The van der Waals surface area contributed by atoms with Crippen LogP contribution in [0.5, 0.6) is 0 Å². The summed E-state index contributed by atoms with van der Waals surface area (Å²) in [4.78, 5) is 0. The van der Waals surface area contributed by atoms with Crippen LogP contribution in [0, 0.1) is 11.6 Å². The van der Waals surface area contributed by atoms with Gasteiger partial charge in [0.15, 0.2) is 11.6 Å². The minimum atomic E-state index is -1.42. The Labute approximate surface area is 127 Å². The molecule has 0 saturated carbocycles. The first-order valence-electron chi connectivity index (χ1n) is 6.78. The predicted molar refractivity (Wildman–Crippen MR) is 84.9 cm³/mol. The minimum Gasteiger partial charge on any atom is -0.234 e. The fourth-order valence-corrected chi connectivity index (χ4v) is 2.28. The van der Waals surface area contributed by atoms with Crippen LogP contribution in [0.3, 0.4) is 0 Å². The van der Waals surface area contributed by atoms with Gasteiger partial charge >= 0.3 is 0 Å². The summed E-state index contributed by atoms with van der Waals surface area (Å²) in [6.07, 6.45) is 4.34. The Morgan fingerprint density at radius 1 is 1.38 bits per heavy atom. The quantitative estimate of drug-likeness (QED) is 0.560. The van der Waals surface area contributed by atoms with Gasteiger partial charge in [-0.2, -0.15) is 4.40 Å². The maximum atomic E-state index is 13.9. The molecule has 0 radical (unpaired) electrons. The zero-order valence-electron chi connectivity index (χ0n) is 12.6. The lowest BCUT2D eigenvalue weighted by Gasteiger charge is -2.16. The lowest BCUT2D eigenvalue weighted by molar-refractivity contribution is 0.495. The third kappa shape index (κ3) is 5.16. The molecule has 0 heterocycles. The lowest BCUT2D eigenvalue weighted by atomic mass is 9.95. The Kier molecular flexibility index (Phi) is 6.40. The molecular weight excluding hydrogens is 292 g/mol. The van der Waals surface area contributed by atoms with E-state index in [1.807, 2.05) is 20.8 Å². The molecule has 116 valence electrons. The summed E-state index contributed by atoms with van der Waals surface area (Å²) >= 11 is 0. The first-order chi connectivity index (χ1) is 9.77. The largest absolute Gasteiger partial charge is 0.234 e. The van der Waals surface area contributed by atoms with Crippen molar-refractivity contribution in [1.29, 1.82) is 0 Å². The van der Waals surface area contributed by atoms with Crippen molar-refractivity contribution in [3.63, 3.8) is 0 Å². The first-order valence-corrected chi connectivity index (χ1v) is 7.89. The molecule has 1 aromatic carbocycles. The van der Waals surface area contributed by atoms with E-state index in [0.29, 0.717) is 12.8 Å². The summed E-state index contributed by atoms with van der Waals surface area (Å²) in [6.45, 7) is 9.05. The SMILES string of the molecule is C=CCC[C@H](/C=N/S(=O)C(C)(C)C)c1cccc(F)c1F. The van der Waals surface area contributed by atoms with E-state index in [0.717, 1.165) is 6.07 Å². The molecule has 0 spiro atoms. The molecule has 0 aliphatic carbocycles. The second-order valence-corrected chi connectivity index (χ2v) is 7.67. The van der Waals surface area contributed by atoms with E-state index in [1.165, 1.54) is 18.3 Å². The number of hydrogen-bond acceptors (Lipinski definition) is 1. The molecule has 0 amide bonds. The van der Waals surface area contributed by atoms with Crippen molar-refractivity contribution in [3.8, 4) is 0 Å². The average Bonchev–Trinajstić information content (AvgIpc) is 2.41. The highest BCUT2D eigenvalue weighted by Gasteiger charge is 2.20. The van der Waals surface area contributed by atoms with Crippen LogP contribution in [0.2, 0.25) is 0 Å². The van der Waals surface area contributed by atoms with Crippen molar-refractivity contribution in [2.75, 3.05) is 0 Å².